The van der Waals surface area contributed by atoms with Crippen molar-refractivity contribution in [3.05, 3.63) is 84.6 Å². The van der Waals surface area contributed by atoms with Gasteiger partial charge in [0.1, 0.15) is 0 Å². The number of aromatic nitrogens is 4. The van der Waals surface area contributed by atoms with E-state index < -0.39 is 0 Å². The molecule has 0 unspecified atom stereocenters. The number of likely N-dealkylation sites (tertiary alicyclic amines) is 1. The summed E-state index contributed by atoms with van der Waals surface area (Å²) in [7, 11) is 0. The molecule has 6 nitrogen and oxygen atoms in total. The SMILES string of the molecule is O=C(CCc1ccccc1)N1CCC[C@H](c2nc3ccc(-c4ccncc4)cn3n2)C1. The van der Waals surface area contributed by atoms with Crippen LogP contribution in [0.25, 0.3) is 16.8 Å². The van der Waals surface area contributed by atoms with E-state index in [1.165, 1.54) is 5.56 Å². The molecule has 1 amide bonds. The third-order valence-electron chi connectivity index (χ3n) is 5.97. The predicted molar refractivity (Wildman–Crippen MR) is 120 cm³/mol. The van der Waals surface area contributed by atoms with E-state index in [4.69, 9.17) is 10.1 Å². The van der Waals surface area contributed by atoms with Gasteiger partial charge >= 0.3 is 0 Å². The molecular weight excluding hydrogens is 386 g/mol. The fraction of sp³-hybridized carbons (Fsp3) is 0.280. The van der Waals surface area contributed by atoms with Gasteiger partial charge in [-0.15, -0.1) is 0 Å². The Morgan fingerprint density at radius 1 is 1.00 bits per heavy atom. The van der Waals surface area contributed by atoms with Crippen LogP contribution in [0.15, 0.2) is 73.2 Å². The third kappa shape index (κ3) is 4.33. The number of amides is 1. The van der Waals surface area contributed by atoms with Crippen LogP contribution in [0, 0.1) is 0 Å². The largest absolute Gasteiger partial charge is 0.342 e. The Kier molecular flexibility index (Phi) is 5.44. The predicted octanol–water partition coefficient (Wildman–Crippen LogP) is 4.13. The van der Waals surface area contributed by atoms with Crippen LogP contribution in [-0.2, 0) is 11.2 Å². The minimum Gasteiger partial charge on any atom is -0.342 e. The number of carbonyl (C=O) groups excluding carboxylic acids is 1. The van der Waals surface area contributed by atoms with Crippen molar-refractivity contribution in [2.75, 3.05) is 13.1 Å². The van der Waals surface area contributed by atoms with Crippen molar-refractivity contribution in [2.45, 2.75) is 31.6 Å². The van der Waals surface area contributed by atoms with Crippen molar-refractivity contribution < 1.29 is 4.79 Å². The van der Waals surface area contributed by atoms with E-state index in [-0.39, 0.29) is 11.8 Å². The Morgan fingerprint density at radius 2 is 1.84 bits per heavy atom. The van der Waals surface area contributed by atoms with Crippen molar-refractivity contribution in [2.24, 2.45) is 0 Å². The minimum absolute atomic E-state index is 0.179. The average Bonchev–Trinajstić information content (AvgIpc) is 3.27. The Balaban J connectivity index is 1.28. The fourth-order valence-electron chi connectivity index (χ4n) is 4.26. The first kappa shape index (κ1) is 19.4. The molecule has 6 heteroatoms. The molecule has 3 aromatic heterocycles. The van der Waals surface area contributed by atoms with Gasteiger partial charge in [0, 0.05) is 49.6 Å². The number of fused-ring (bicyclic) bond motifs is 1. The number of rotatable bonds is 5. The Morgan fingerprint density at radius 3 is 2.68 bits per heavy atom. The summed E-state index contributed by atoms with van der Waals surface area (Å²) in [6.07, 6.45) is 8.91. The second kappa shape index (κ2) is 8.68. The minimum atomic E-state index is 0.179. The van der Waals surface area contributed by atoms with Crippen molar-refractivity contribution in [1.82, 2.24) is 24.5 Å². The lowest BCUT2D eigenvalue weighted by molar-refractivity contribution is -0.132. The van der Waals surface area contributed by atoms with Crippen molar-refractivity contribution in [3.63, 3.8) is 0 Å². The van der Waals surface area contributed by atoms with Gasteiger partial charge in [-0.05, 0) is 54.7 Å². The standard InChI is InChI=1S/C25H25N5O/c31-24(11-8-19-5-2-1-3-6-19)29-16-4-7-22(17-29)25-27-23-10-9-21(18-30(23)28-25)20-12-14-26-15-13-20/h1-3,5-6,9-10,12-15,18,22H,4,7-8,11,16-17H2/t22-/m0/s1. The molecule has 0 N–H and O–H groups in total. The summed E-state index contributed by atoms with van der Waals surface area (Å²) in [4.78, 5) is 23.6. The number of carbonyl (C=O) groups is 1. The molecule has 1 fully saturated rings. The number of hydrogen-bond acceptors (Lipinski definition) is 4. The lowest BCUT2D eigenvalue weighted by atomic mass is 9.97. The number of nitrogens with zero attached hydrogens (tertiary/aromatic N) is 5. The van der Waals surface area contributed by atoms with E-state index in [0.29, 0.717) is 13.0 Å². The maximum absolute atomic E-state index is 12.8. The molecule has 4 aromatic rings. The number of benzene rings is 1. The van der Waals surface area contributed by atoms with E-state index in [2.05, 4.69) is 23.2 Å². The monoisotopic (exact) mass is 411 g/mol. The molecule has 1 saturated heterocycles. The molecule has 4 heterocycles. The van der Waals surface area contributed by atoms with E-state index >= 15 is 0 Å². The molecule has 1 atom stereocenters. The summed E-state index contributed by atoms with van der Waals surface area (Å²) in [5.74, 6) is 1.23. The molecule has 0 saturated carbocycles. The molecule has 156 valence electrons. The van der Waals surface area contributed by atoms with Gasteiger partial charge in [-0.3, -0.25) is 9.78 Å². The highest BCUT2D eigenvalue weighted by atomic mass is 16.2. The van der Waals surface area contributed by atoms with Gasteiger partial charge in [-0.1, -0.05) is 30.3 Å². The van der Waals surface area contributed by atoms with Crippen LogP contribution in [0.5, 0.6) is 0 Å². The van der Waals surface area contributed by atoms with Crippen LogP contribution in [0.3, 0.4) is 0 Å². The molecular formula is C25H25N5O. The lowest BCUT2D eigenvalue weighted by Crippen LogP contribution is -2.39. The molecule has 1 aromatic carbocycles. The van der Waals surface area contributed by atoms with Crippen LogP contribution < -0.4 is 0 Å². The molecule has 0 radical (unpaired) electrons. The first-order valence-corrected chi connectivity index (χ1v) is 10.8. The second-order valence-electron chi connectivity index (χ2n) is 8.09. The summed E-state index contributed by atoms with van der Waals surface area (Å²) in [5.41, 5.74) is 4.21. The van der Waals surface area contributed by atoms with Gasteiger partial charge in [0.15, 0.2) is 11.5 Å². The summed E-state index contributed by atoms with van der Waals surface area (Å²) in [6.45, 7) is 1.52. The topological polar surface area (TPSA) is 63.4 Å². The first-order chi connectivity index (χ1) is 15.3. The number of hydrogen-bond donors (Lipinski definition) is 0. The van der Waals surface area contributed by atoms with Crippen LogP contribution in [0.1, 0.15) is 36.6 Å². The highest BCUT2D eigenvalue weighted by molar-refractivity contribution is 5.76. The highest BCUT2D eigenvalue weighted by Gasteiger charge is 2.27. The van der Waals surface area contributed by atoms with Crippen LogP contribution in [0.4, 0.5) is 0 Å². The zero-order valence-corrected chi connectivity index (χ0v) is 17.4. The molecule has 31 heavy (non-hydrogen) atoms. The Bertz CT molecular complexity index is 1170. The molecule has 0 aliphatic carbocycles. The molecule has 1 aliphatic heterocycles. The van der Waals surface area contributed by atoms with E-state index in [9.17, 15) is 4.79 Å². The fourth-order valence-corrected chi connectivity index (χ4v) is 4.26. The molecule has 5 rings (SSSR count). The smallest absolute Gasteiger partial charge is 0.222 e. The summed E-state index contributed by atoms with van der Waals surface area (Å²) in [6, 6.07) is 18.2. The summed E-state index contributed by atoms with van der Waals surface area (Å²) in [5, 5.41) is 4.76. The zero-order chi connectivity index (χ0) is 21.0. The third-order valence-corrected chi connectivity index (χ3v) is 5.97. The quantitative estimate of drug-likeness (QED) is 0.495. The maximum atomic E-state index is 12.8. The Labute approximate surface area is 181 Å². The van der Waals surface area contributed by atoms with Crippen molar-refractivity contribution in [3.8, 4) is 11.1 Å². The normalized spacial score (nSPS) is 16.5. The van der Waals surface area contributed by atoms with E-state index in [1.807, 2.05) is 52.0 Å². The van der Waals surface area contributed by atoms with Gasteiger partial charge in [-0.25, -0.2) is 9.50 Å². The van der Waals surface area contributed by atoms with Crippen LogP contribution >= 0.6 is 0 Å². The van der Waals surface area contributed by atoms with Gasteiger partial charge in [0.2, 0.25) is 5.91 Å². The zero-order valence-electron chi connectivity index (χ0n) is 17.4. The first-order valence-electron chi connectivity index (χ1n) is 10.8. The average molecular weight is 412 g/mol. The number of aryl methyl sites for hydroxylation is 1. The number of pyridine rings is 2. The second-order valence-corrected chi connectivity index (χ2v) is 8.09. The van der Waals surface area contributed by atoms with Crippen molar-refractivity contribution in [1.29, 1.82) is 0 Å². The number of piperidine rings is 1. The molecule has 0 spiro atoms. The van der Waals surface area contributed by atoms with Gasteiger partial charge in [0.25, 0.3) is 0 Å². The van der Waals surface area contributed by atoms with Crippen LogP contribution in [0.2, 0.25) is 0 Å². The molecule has 0 bridgehead atoms. The van der Waals surface area contributed by atoms with Crippen molar-refractivity contribution >= 4 is 11.6 Å². The van der Waals surface area contributed by atoms with Crippen LogP contribution in [-0.4, -0.2) is 43.5 Å². The van der Waals surface area contributed by atoms with E-state index in [1.54, 1.807) is 12.4 Å². The van der Waals surface area contributed by atoms with Gasteiger partial charge in [-0.2, -0.15) is 5.10 Å². The highest BCUT2D eigenvalue weighted by Crippen LogP contribution is 2.26. The Hall–Kier alpha value is -3.54. The van der Waals surface area contributed by atoms with Gasteiger partial charge in [0.05, 0.1) is 0 Å². The van der Waals surface area contributed by atoms with Gasteiger partial charge < -0.3 is 4.90 Å². The summed E-state index contributed by atoms with van der Waals surface area (Å²) >= 11 is 0. The van der Waals surface area contributed by atoms with E-state index in [0.717, 1.165) is 48.4 Å². The lowest BCUT2D eigenvalue weighted by Gasteiger charge is -2.31. The molecule has 1 aliphatic rings. The maximum Gasteiger partial charge on any atom is 0.222 e. The summed E-state index contributed by atoms with van der Waals surface area (Å²) < 4.78 is 1.85.